The van der Waals surface area contributed by atoms with E-state index in [1.807, 2.05) is 18.3 Å². The lowest BCUT2D eigenvalue weighted by Crippen LogP contribution is -2.52. The van der Waals surface area contributed by atoms with E-state index in [0.29, 0.717) is 0 Å². The van der Waals surface area contributed by atoms with Crippen LogP contribution in [0.3, 0.4) is 0 Å². The van der Waals surface area contributed by atoms with Gasteiger partial charge in [-0.05, 0) is 48.6 Å². The topological polar surface area (TPSA) is 45.2 Å². The number of hydrogen-bond acceptors (Lipinski definition) is 3. The second-order valence-electron chi connectivity index (χ2n) is 8.23. The molecule has 1 aromatic heterocycles. The van der Waals surface area contributed by atoms with Crippen molar-refractivity contribution in [2.24, 2.45) is 5.41 Å². The molecule has 4 heteroatoms. The predicted octanol–water partition coefficient (Wildman–Crippen LogP) is 4.32. The van der Waals surface area contributed by atoms with Gasteiger partial charge in [0.2, 0.25) is 5.91 Å². The molecule has 154 valence electrons. The van der Waals surface area contributed by atoms with Gasteiger partial charge in [0.15, 0.2) is 0 Å². The lowest BCUT2D eigenvalue weighted by Gasteiger charge is -2.42. The third kappa shape index (κ3) is 4.44. The fourth-order valence-electron chi connectivity index (χ4n) is 4.72. The number of pyridine rings is 1. The van der Waals surface area contributed by atoms with Crippen LogP contribution in [0.25, 0.3) is 11.1 Å². The number of carbonyl (C=O) groups excluding carboxylic acids is 1. The summed E-state index contributed by atoms with van der Waals surface area (Å²) in [6.07, 6.45) is 6.34. The molecule has 1 unspecified atom stereocenters. The predicted molar refractivity (Wildman–Crippen MR) is 121 cm³/mol. The van der Waals surface area contributed by atoms with Crippen LogP contribution in [-0.2, 0) is 17.8 Å². The van der Waals surface area contributed by atoms with Crippen LogP contribution in [0, 0.1) is 5.41 Å². The minimum Gasteiger partial charge on any atom is -0.359 e. The number of benzene rings is 2. The maximum atomic E-state index is 13.2. The number of nitrogens with one attached hydrogen (secondary N) is 1. The van der Waals surface area contributed by atoms with E-state index in [0.717, 1.165) is 50.0 Å². The molecule has 4 rings (SSSR count). The number of aromatic nitrogens is 1. The van der Waals surface area contributed by atoms with Crippen LogP contribution in [-0.4, -0.2) is 35.9 Å². The highest BCUT2D eigenvalue weighted by molar-refractivity contribution is 5.83. The van der Waals surface area contributed by atoms with Gasteiger partial charge in [0.25, 0.3) is 0 Å². The van der Waals surface area contributed by atoms with Gasteiger partial charge in [0.05, 0.1) is 5.41 Å². The highest BCUT2D eigenvalue weighted by Gasteiger charge is 2.42. The van der Waals surface area contributed by atoms with E-state index in [1.54, 1.807) is 13.2 Å². The van der Waals surface area contributed by atoms with Crippen molar-refractivity contribution in [2.75, 3.05) is 20.1 Å². The second kappa shape index (κ2) is 9.23. The van der Waals surface area contributed by atoms with E-state index in [4.69, 9.17) is 0 Å². The lowest BCUT2D eigenvalue weighted by atomic mass is 9.73. The highest BCUT2D eigenvalue weighted by Crippen LogP contribution is 2.37. The van der Waals surface area contributed by atoms with Gasteiger partial charge in [0.1, 0.15) is 0 Å². The molecule has 1 amide bonds. The molecule has 2 heterocycles. The number of rotatable bonds is 6. The van der Waals surface area contributed by atoms with Crippen LogP contribution in [0.4, 0.5) is 0 Å². The summed E-state index contributed by atoms with van der Waals surface area (Å²) in [6.45, 7) is 2.67. The van der Waals surface area contributed by atoms with Gasteiger partial charge < -0.3 is 5.32 Å². The molecule has 0 radical (unpaired) electrons. The summed E-state index contributed by atoms with van der Waals surface area (Å²) in [4.78, 5) is 19.9. The normalized spacial score (nSPS) is 19.4. The number of likely N-dealkylation sites (tertiary alicyclic amines) is 1. The Kier molecular flexibility index (Phi) is 6.24. The minimum absolute atomic E-state index is 0.140. The van der Waals surface area contributed by atoms with Gasteiger partial charge in [-0.1, -0.05) is 60.7 Å². The van der Waals surface area contributed by atoms with E-state index in [-0.39, 0.29) is 5.91 Å². The molecule has 1 aliphatic heterocycles. The van der Waals surface area contributed by atoms with E-state index in [1.165, 1.54) is 11.1 Å². The van der Waals surface area contributed by atoms with Gasteiger partial charge >= 0.3 is 0 Å². The van der Waals surface area contributed by atoms with E-state index < -0.39 is 5.41 Å². The molecular formula is C26H29N3O. The number of amides is 1. The lowest BCUT2D eigenvalue weighted by molar-refractivity contribution is -0.134. The molecule has 0 spiro atoms. The maximum absolute atomic E-state index is 13.2. The molecule has 1 atom stereocenters. The third-order valence-corrected chi connectivity index (χ3v) is 6.13. The molecule has 1 saturated heterocycles. The third-order valence-electron chi connectivity index (χ3n) is 6.13. The van der Waals surface area contributed by atoms with E-state index in [9.17, 15) is 4.79 Å². The average Bonchev–Trinajstić information content (AvgIpc) is 2.80. The van der Waals surface area contributed by atoms with E-state index in [2.05, 4.69) is 69.8 Å². The number of piperidine rings is 1. The van der Waals surface area contributed by atoms with Gasteiger partial charge in [-0.25, -0.2) is 0 Å². The Labute approximate surface area is 179 Å². The summed E-state index contributed by atoms with van der Waals surface area (Å²) >= 11 is 0. The van der Waals surface area contributed by atoms with Crippen LogP contribution in [0.15, 0.2) is 79.1 Å². The standard InChI is InChI=1S/C26H29N3O/c1-27-25(30)26(14-8-16-29(20-26)19-21-9-3-2-4-10-21)17-22-11-5-6-13-24(22)23-12-7-15-28-18-23/h2-7,9-13,15,18H,8,14,16-17,19-20H2,1H3,(H,27,30). The van der Waals surface area contributed by atoms with Crippen molar-refractivity contribution in [1.29, 1.82) is 0 Å². The first kappa shape index (κ1) is 20.3. The molecule has 0 saturated carbocycles. The van der Waals surface area contributed by atoms with Crippen molar-refractivity contribution in [3.05, 3.63) is 90.3 Å². The Balaban J connectivity index is 1.63. The molecule has 0 aliphatic carbocycles. The molecule has 30 heavy (non-hydrogen) atoms. The summed E-state index contributed by atoms with van der Waals surface area (Å²) in [5, 5.41) is 2.96. The summed E-state index contributed by atoms with van der Waals surface area (Å²) in [7, 11) is 1.76. The van der Waals surface area contributed by atoms with Gasteiger partial charge in [-0.3, -0.25) is 14.7 Å². The number of hydrogen-bond donors (Lipinski definition) is 1. The number of nitrogens with zero attached hydrogens (tertiary/aromatic N) is 2. The Bertz CT molecular complexity index is 974. The SMILES string of the molecule is CNC(=O)C1(Cc2ccccc2-c2cccnc2)CCCN(Cc2ccccc2)C1. The van der Waals surface area contributed by atoms with Crippen LogP contribution in [0.1, 0.15) is 24.0 Å². The quantitative estimate of drug-likeness (QED) is 0.671. The van der Waals surface area contributed by atoms with Crippen molar-refractivity contribution >= 4 is 5.91 Å². The fraction of sp³-hybridized carbons (Fsp3) is 0.308. The highest BCUT2D eigenvalue weighted by atomic mass is 16.2. The zero-order valence-corrected chi connectivity index (χ0v) is 17.6. The van der Waals surface area contributed by atoms with Crippen LogP contribution in [0.2, 0.25) is 0 Å². The van der Waals surface area contributed by atoms with Gasteiger partial charge in [-0.15, -0.1) is 0 Å². The van der Waals surface area contributed by atoms with E-state index >= 15 is 0 Å². The van der Waals surface area contributed by atoms with Gasteiger partial charge in [-0.2, -0.15) is 0 Å². The van der Waals surface area contributed by atoms with Gasteiger partial charge in [0, 0.05) is 38.1 Å². The van der Waals surface area contributed by atoms with Crippen LogP contribution >= 0.6 is 0 Å². The summed E-state index contributed by atoms with van der Waals surface area (Å²) in [5.41, 5.74) is 4.32. The zero-order chi connectivity index (χ0) is 20.8. The van der Waals surface area contributed by atoms with Crippen molar-refractivity contribution in [3.8, 4) is 11.1 Å². The minimum atomic E-state index is -0.430. The van der Waals surface area contributed by atoms with Crippen LogP contribution in [0.5, 0.6) is 0 Å². The molecule has 1 N–H and O–H groups in total. The fourth-order valence-corrected chi connectivity index (χ4v) is 4.72. The first-order valence-corrected chi connectivity index (χ1v) is 10.7. The average molecular weight is 400 g/mol. The van der Waals surface area contributed by atoms with Crippen molar-refractivity contribution in [2.45, 2.75) is 25.8 Å². The Morgan fingerprint density at radius 2 is 1.87 bits per heavy atom. The molecule has 1 aliphatic rings. The molecular weight excluding hydrogens is 370 g/mol. The monoisotopic (exact) mass is 399 g/mol. The Morgan fingerprint density at radius 1 is 1.07 bits per heavy atom. The summed E-state index contributed by atoms with van der Waals surface area (Å²) < 4.78 is 0. The van der Waals surface area contributed by atoms with Crippen LogP contribution < -0.4 is 5.32 Å². The maximum Gasteiger partial charge on any atom is 0.227 e. The second-order valence-corrected chi connectivity index (χ2v) is 8.23. The molecule has 2 aromatic carbocycles. The molecule has 1 fully saturated rings. The van der Waals surface area contributed by atoms with Crippen molar-refractivity contribution < 1.29 is 4.79 Å². The van der Waals surface area contributed by atoms with Crippen molar-refractivity contribution in [3.63, 3.8) is 0 Å². The Morgan fingerprint density at radius 3 is 2.63 bits per heavy atom. The summed E-state index contributed by atoms with van der Waals surface area (Å²) in [5.74, 6) is 0.140. The first-order valence-electron chi connectivity index (χ1n) is 10.7. The molecule has 4 nitrogen and oxygen atoms in total. The Hall–Kier alpha value is -2.98. The summed E-state index contributed by atoms with van der Waals surface area (Å²) in [6, 6.07) is 23.0. The zero-order valence-electron chi connectivity index (χ0n) is 17.6. The number of carbonyl (C=O) groups is 1. The molecule has 3 aromatic rings. The largest absolute Gasteiger partial charge is 0.359 e. The smallest absolute Gasteiger partial charge is 0.227 e. The van der Waals surface area contributed by atoms with Crippen molar-refractivity contribution in [1.82, 2.24) is 15.2 Å². The first-order chi connectivity index (χ1) is 14.7. The molecule has 0 bridgehead atoms.